The summed E-state index contributed by atoms with van der Waals surface area (Å²) in [5.74, 6) is -6.87. The molecule has 13 nitrogen and oxygen atoms in total. The standard InChI is InChI=1S/C26H19F5N4O9/c1-13-10-34-20(35(13)25(40)43-12-42-22(38)3-2-21(36)37)9-19(33-24(34)39)41-11-14-6-16(27)23(17(28)7-14)44-15-4-5-32-18(8-15)26(29,30)31/h2-9,13H,10-12H2,1H3,(H,36,37)/b3-2+/t13-/m0/s1. The number of rotatable bonds is 9. The number of carbonyl (C=O) groups excluding carboxylic acids is 2. The average molecular weight is 626 g/mol. The lowest BCUT2D eigenvalue weighted by molar-refractivity contribution is -0.146. The molecule has 1 aliphatic heterocycles. The van der Waals surface area contributed by atoms with E-state index in [9.17, 15) is 41.1 Å². The van der Waals surface area contributed by atoms with Gasteiger partial charge in [0.1, 0.15) is 23.9 Å². The smallest absolute Gasteiger partial charge is 0.433 e. The summed E-state index contributed by atoms with van der Waals surface area (Å²) in [5, 5.41) is 8.50. The van der Waals surface area contributed by atoms with Crippen molar-refractivity contribution in [3.05, 3.63) is 82.1 Å². The summed E-state index contributed by atoms with van der Waals surface area (Å²) in [6.07, 6.45) is -3.95. The van der Waals surface area contributed by atoms with Crippen LogP contribution in [0.15, 0.2) is 53.5 Å². The SMILES string of the molecule is C[C@H]1Cn2c(cc(OCc3cc(F)c(Oc4ccnc(C(F)(F)F)c4)c(F)c3)nc2=O)N1C(=O)OCOC(=O)/C=C/C(=O)O. The first-order valence-corrected chi connectivity index (χ1v) is 12.2. The fraction of sp³-hybridized carbons (Fsp3) is 0.231. The highest BCUT2D eigenvalue weighted by molar-refractivity contribution is 5.91. The predicted molar refractivity (Wildman–Crippen MR) is 135 cm³/mol. The molecule has 1 aliphatic rings. The Kier molecular flexibility index (Phi) is 9.10. The van der Waals surface area contributed by atoms with Gasteiger partial charge in [0.15, 0.2) is 17.4 Å². The van der Waals surface area contributed by atoms with E-state index >= 15 is 0 Å². The molecule has 0 spiro atoms. The molecule has 0 fully saturated rings. The Hall–Kier alpha value is -5.55. The molecule has 0 radical (unpaired) electrons. The van der Waals surface area contributed by atoms with Gasteiger partial charge in [-0.3, -0.25) is 14.5 Å². The summed E-state index contributed by atoms with van der Waals surface area (Å²) in [4.78, 5) is 55.0. The zero-order chi connectivity index (χ0) is 32.2. The maximum absolute atomic E-state index is 14.7. The largest absolute Gasteiger partial charge is 0.478 e. The van der Waals surface area contributed by atoms with Crippen LogP contribution < -0.4 is 20.1 Å². The fourth-order valence-electron chi connectivity index (χ4n) is 3.86. The van der Waals surface area contributed by atoms with Crippen LogP contribution in [0.5, 0.6) is 17.4 Å². The molecule has 3 heterocycles. The second kappa shape index (κ2) is 12.8. The number of anilines is 1. The van der Waals surface area contributed by atoms with Crippen molar-refractivity contribution in [3.8, 4) is 17.4 Å². The number of nitrogens with zero attached hydrogens (tertiary/aromatic N) is 4. The molecule has 18 heteroatoms. The molecule has 1 aromatic carbocycles. The number of benzene rings is 1. The van der Waals surface area contributed by atoms with Crippen LogP contribution in [-0.4, -0.2) is 50.5 Å². The summed E-state index contributed by atoms with van der Waals surface area (Å²) < 4.78 is 88.9. The number of amides is 1. The van der Waals surface area contributed by atoms with Gasteiger partial charge in [0.05, 0.1) is 6.04 Å². The average Bonchev–Trinajstić information content (AvgIpc) is 3.28. The molecule has 4 rings (SSSR count). The van der Waals surface area contributed by atoms with Crippen molar-refractivity contribution in [1.29, 1.82) is 0 Å². The molecular formula is C26H19F5N4O9. The second-order valence-electron chi connectivity index (χ2n) is 8.88. The Morgan fingerprint density at radius 3 is 2.45 bits per heavy atom. The lowest BCUT2D eigenvalue weighted by Gasteiger charge is -2.20. The van der Waals surface area contributed by atoms with Gasteiger partial charge in [0.25, 0.3) is 0 Å². The number of alkyl halides is 3. The number of halogens is 5. The van der Waals surface area contributed by atoms with E-state index in [0.29, 0.717) is 18.2 Å². The summed E-state index contributed by atoms with van der Waals surface area (Å²) in [6.45, 7) is 0.181. The Labute approximate surface area is 242 Å². The van der Waals surface area contributed by atoms with Gasteiger partial charge in [-0.1, -0.05) is 0 Å². The van der Waals surface area contributed by atoms with Crippen LogP contribution in [0.3, 0.4) is 0 Å². The first-order valence-electron chi connectivity index (χ1n) is 12.2. The molecule has 1 atom stereocenters. The normalized spacial score (nSPS) is 14.3. The summed E-state index contributed by atoms with van der Waals surface area (Å²) >= 11 is 0. The van der Waals surface area contributed by atoms with E-state index in [-0.39, 0.29) is 23.8 Å². The fourth-order valence-corrected chi connectivity index (χ4v) is 3.86. The number of aliphatic carboxylic acids is 1. The number of ether oxygens (including phenoxy) is 4. The number of hydrogen-bond acceptors (Lipinski definition) is 10. The summed E-state index contributed by atoms with van der Waals surface area (Å²) in [7, 11) is 0. The molecule has 0 unspecified atom stereocenters. The molecule has 3 aromatic rings. The quantitative estimate of drug-likeness (QED) is 0.159. The Bertz CT molecular complexity index is 1670. The minimum atomic E-state index is -4.81. The van der Waals surface area contributed by atoms with Crippen molar-refractivity contribution in [2.24, 2.45) is 0 Å². The van der Waals surface area contributed by atoms with E-state index in [1.807, 2.05) is 0 Å². The van der Waals surface area contributed by atoms with Crippen molar-refractivity contribution in [2.45, 2.75) is 32.3 Å². The van der Waals surface area contributed by atoms with Crippen LogP contribution in [-0.2, 0) is 38.4 Å². The van der Waals surface area contributed by atoms with Crippen LogP contribution >= 0.6 is 0 Å². The zero-order valence-electron chi connectivity index (χ0n) is 22.2. The number of hydrogen-bond donors (Lipinski definition) is 1. The van der Waals surface area contributed by atoms with E-state index in [1.54, 1.807) is 6.92 Å². The van der Waals surface area contributed by atoms with Gasteiger partial charge in [-0.15, -0.1) is 0 Å². The van der Waals surface area contributed by atoms with Crippen molar-refractivity contribution >= 4 is 23.8 Å². The van der Waals surface area contributed by atoms with Crippen molar-refractivity contribution in [3.63, 3.8) is 0 Å². The van der Waals surface area contributed by atoms with E-state index < -0.39 is 78.2 Å². The van der Waals surface area contributed by atoms with Crippen molar-refractivity contribution < 1.29 is 60.4 Å². The molecule has 0 saturated heterocycles. The second-order valence-corrected chi connectivity index (χ2v) is 8.88. The maximum Gasteiger partial charge on any atom is 0.433 e. The number of aromatic nitrogens is 3. The van der Waals surface area contributed by atoms with Gasteiger partial charge < -0.3 is 24.1 Å². The first kappa shape index (κ1) is 31.4. The lowest BCUT2D eigenvalue weighted by atomic mass is 10.2. The van der Waals surface area contributed by atoms with Gasteiger partial charge in [-0.05, 0) is 30.7 Å². The van der Waals surface area contributed by atoms with Gasteiger partial charge in [0.2, 0.25) is 12.7 Å². The number of carbonyl (C=O) groups is 3. The topological polar surface area (TPSA) is 159 Å². The molecule has 0 saturated carbocycles. The van der Waals surface area contributed by atoms with Crippen LogP contribution in [0.1, 0.15) is 18.2 Å². The third-order valence-electron chi connectivity index (χ3n) is 5.73. The molecule has 0 aliphatic carbocycles. The van der Waals surface area contributed by atoms with Crippen LogP contribution in [0, 0.1) is 11.6 Å². The Morgan fingerprint density at radius 1 is 1.09 bits per heavy atom. The zero-order valence-corrected chi connectivity index (χ0v) is 22.2. The van der Waals surface area contributed by atoms with Gasteiger partial charge in [-0.2, -0.15) is 18.2 Å². The van der Waals surface area contributed by atoms with E-state index in [1.165, 1.54) is 6.07 Å². The Balaban J connectivity index is 1.44. The molecule has 0 bridgehead atoms. The minimum Gasteiger partial charge on any atom is -0.478 e. The molecule has 44 heavy (non-hydrogen) atoms. The van der Waals surface area contributed by atoms with Crippen molar-refractivity contribution in [1.82, 2.24) is 14.5 Å². The third-order valence-corrected chi connectivity index (χ3v) is 5.73. The van der Waals surface area contributed by atoms with Crippen LogP contribution in [0.25, 0.3) is 0 Å². The number of pyridine rings is 1. The first-order chi connectivity index (χ1) is 20.7. The molecule has 232 valence electrons. The minimum absolute atomic E-state index is 0.0114. The van der Waals surface area contributed by atoms with E-state index in [2.05, 4.69) is 14.7 Å². The van der Waals surface area contributed by atoms with E-state index in [4.69, 9.17) is 19.3 Å². The maximum atomic E-state index is 14.7. The van der Waals surface area contributed by atoms with Gasteiger partial charge in [-0.25, -0.2) is 28.0 Å². The molecule has 1 N–H and O–H groups in total. The van der Waals surface area contributed by atoms with Gasteiger partial charge >= 0.3 is 29.9 Å². The van der Waals surface area contributed by atoms with Crippen LogP contribution in [0.4, 0.5) is 32.6 Å². The highest BCUT2D eigenvalue weighted by Gasteiger charge is 2.35. The van der Waals surface area contributed by atoms with E-state index in [0.717, 1.165) is 33.9 Å². The number of esters is 1. The molecule has 2 aromatic heterocycles. The summed E-state index contributed by atoms with van der Waals surface area (Å²) in [5.41, 5.74) is -2.26. The number of carboxylic acids is 1. The Morgan fingerprint density at radius 2 is 1.80 bits per heavy atom. The third kappa shape index (κ3) is 7.44. The number of carboxylic acid groups (broad SMARTS) is 1. The van der Waals surface area contributed by atoms with Crippen molar-refractivity contribution in [2.75, 3.05) is 11.7 Å². The predicted octanol–water partition coefficient (Wildman–Crippen LogP) is 3.79. The van der Waals surface area contributed by atoms with Crippen LogP contribution in [0.2, 0.25) is 0 Å². The molecular weight excluding hydrogens is 607 g/mol. The summed E-state index contributed by atoms with van der Waals surface area (Å²) in [6, 6.07) is 3.60. The number of fused-ring (bicyclic) bond motifs is 1. The lowest BCUT2D eigenvalue weighted by Crippen LogP contribution is -2.36. The molecule has 1 amide bonds. The highest BCUT2D eigenvalue weighted by Crippen LogP contribution is 2.33. The highest BCUT2D eigenvalue weighted by atomic mass is 19.4. The monoisotopic (exact) mass is 626 g/mol. The van der Waals surface area contributed by atoms with Gasteiger partial charge in [0, 0.05) is 37.0 Å².